The Morgan fingerprint density at radius 2 is 1.64 bits per heavy atom. The van der Waals surface area contributed by atoms with Crippen LogP contribution in [0.5, 0.6) is 0 Å². The summed E-state index contributed by atoms with van der Waals surface area (Å²) in [4.78, 5) is 39.3. The summed E-state index contributed by atoms with van der Waals surface area (Å²) in [6, 6.07) is 12.9. The van der Waals surface area contributed by atoms with Crippen LogP contribution in [0.2, 0.25) is 10.0 Å². The van der Waals surface area contributed by atoms with E-state index >= 15 is 0 Å². The summed E-state index contributed by atoms with van der Waals surface area (Å²) < 4.78 is 29.5. The zero-order valence-corrected chi connectivity index (χ0v) is 26.2. The van der Waals surface area contributed by atoms with Crippen LogP contribution in [0.25, 0.3) is 10.9 Å². The van der Waals surface area contributed by atoms with Crippen molar-refractivity contribution in [3.63, 3.8) is 0 Å². The first-order valence-electron chi connectivity index (χ1n) is 14.4. The molecule has 238 valence electrons. The average Bonchev–Trinajstić information content (AvgIpc) is 3.40. The Labute approximate surface area is 269 Å². The fourth-order valence-electron chi connectivity index (χ4n) is 4.82. The molecule has 0 spiro atoms. The largest absolute Gasteiger partial charge is 0.355 e. The summed E-state index contributed by atoms with van der Waals surface area (Å²) in [6.07, 6.45) is 2.01. The average molecular weight is 660 g/mol. The minimum Gasteiger partial charge on any atom is -0.355 e. The molecular weight excluding hydrogens is 625 g/mol. The molecule has 0 saturated carbocycles. The number of benzene rings is 3. The Balaban J connectivity index is 1.54. The van der Waals surface area contributed by atoms with Crippen LogP contribution in [0.3, 0.4) is 0 Å². The number of fused-ring (bicyclic) bond motifs is 1. The van der Waals surface area contributed by atoms with E-state index in [0.717, 1.165) is 28.6 Å². The van der Waals surface area contributed by atoms with Crippen LogP contribution < -0.4 is 26.6 Å². The van der Waals surface area contributed by atoms with Gasteiger partial charge in [0, 0.05) is 40.5 Å². The molecule has 2 atom stereocenters. The molecule has 0 aliphatic carbocycles. The number of urea groups is 1. The van der Waals surface area contributed by atoms with Crippen LogP contribution in [0.1, 0.15) is 24.5 Å². The zero-order chi connectivity index (χ0) is 32.5. The maximum Gasteiger partial charge on any atom is 0.319 e. The first kappa shape index (κ1) is 33.7. The molecule has 0 saturated heterocycles. The standard InChI is InChI=1S/C32H34Cl2F2N6O3/c1-3-38-30(43)27(11-13-37-2)40-31(44)28(16-19-7-10-25(35)26(36)15-19)41-32(45)39-21-9-8-20-12-14-42(29(20)17-21)18-22-23(33)5-4-6-24(22)34/h4-10,12,14-15,17,27-28,37H,3,11,13,16,18H2,1-2H3,(H,38,43)(H,40,44)(H2,39,41,45)/t27-,28-/m0/s1. The minimum absolute atomic E-state index is 0.162. The molecule has 4 aromatic rings. The van der Waals surface area contributed by atoms with Gasteiger partial charge in [-0.15, -0.1) is 0 Å². The van der Waals surface area contributed by atoms with Gasteiger partial charge in [-0.05, 0) is 80.4 Å². The second-order valence-electron chi connectivity index (χ2n) is 10.4. The minimum atomic E-state index is -1.23. The van der Waals surface area contributed by atoms with Crippen molar-refractivity contribution in [3.05, 3.63) is 99.7 Å². The number of aromatic nitrogens is 1. The van der Waals surface area contributed by atoms with E-state index < -0.39 is 35.7 Å². The molecule has 13 heteroatoms. The van der Waals surface area contributed by atoms with E-state index in [9.17, 15) is 23.2 Å². The van der Waals surface area contributed by atoms with Gasteiger partial charge in [0.1, 0.15) is 12.1 Å². The number of nitrogens with one attached hydrogen (secondary N) is 5. The fourth-order valence-corrected chi connectivity index (χ4v) is 5.33. The normalized spacial score (nSPS) is 12.4. The van der Waals surface area contributed by atoms with E-state index in [1.165, 1.54) is 6.07 Å². The predicted octanol–water partition coefficient (Wildman–Crippen LogP) is 5.24. The summed E-state index contributed by atoms with van der Waals surface area (Å²) in [5.74, 6) is -3.17. The summed E-state index contributed by atoms with van der Waals surface area (Å²) in [5, 5.41) is 15.7. The third-order valence-electron chi connectivity index (χ3n) is 7.13. The molecule has 3 aromatic carbocycles. The number of carbonyl (C=O) groups is 3. The number of carbonyl (C=O) groups excluding carboxylic acids is 3. The van der Waals surface area contributed by atoms with Gasteiger partial charge in [-0.1, -0.05) is 41.4 Å². The lowest BCUT2D eigenvalue weighted by molar-refractivity contribution is -0.130. The van der Waals surface area contributed by atoms with Crippen molar-refractivity contribution in [2.24, 2.45) is 0 Å². The van der Waals surface area contributed by atoms with Gasteiger partial charge >= 0.3 is 6.03 Å². The maximum absolute atomic E-state index is 14.0. The molecule has 9 nitrogen and oxygen atoms in total. The lowest BCUT2D eigenvalue weighted by Crippen LogP contribution is -2.55. The van der Waals surface area contributed by atoms with Gasteiger partial charge in [0.05, 0.1) is 12.1 Å². The van der Waals surface area contributed by atoms with Gasteiger partial charge in [-0.3, -0.25) is 9.59 Å². The molecule has 4 rings (SSSR count). The molecule has 0 radical (unpaired) electrons. The Bertz CT molecular complexity index is 1660. The van der Waals surface area contributed by atoms with E-state index in [2.05, 4.69) is 26.6 Å². The molecule has 0 unspecified atom stereocenters. The highest BCUT2D eigenvalue weighted by molar-refractivity contribution is 6.36. The van der Waals surface area contributed by atoms with E-state index in [1.807, 2.05) is 22.9 Å². The first-order chi connectivity index (χ1) is 21.6. The van der Waals surface area contributed by atoms with Crippen molar-refractivity contribution in [2.75, 3.05) is 25.5 Å². The molecule has 4 amide bonds. The molecule has 0 bridgehead atoms. The van der Waals surface area contributed by atoms with Crippen molar-refractivity contribution in [1.29, 1.82) is 0 Å². The number of nitrogens with zero attached hydrogens (tertiary/aromatic N) is 1. The van der Waals surface area contributed by atoms with E-state index in [1.54, 1.807) is 44.3 Å². The van der Waals surface area contributed by atoms with Crippen LogP contribution in [-0.2, 0) is 22.6 Å². The van der Waals surface area contributed by atoms with E-state index in [-0.39, 0.29) is 24.3 Å². The summed E-state index contributed by atoms with van der Waals surface area (Å²) in [6.45, 7) is 2.96. The lowest BCUT2D eigenvalue weighted by Gasteiger charge is -2.23. The zero-order valence-electron chi connectivity index (χ0n) is 24.7. The van der Waals surface area contributed by atoms with Crippen molar-refractivity contribution in [2.45, 2.75) is 38.4 Å². The van der Waals surface area contributed by atoms with Gasteiger partial charge in [0.15, 0.2) is 11.6 Å². The number of anilines is 1. The van der Waals surface area contributed by atoms with E-state index in [0.29, 0.717) is 35.4 Å². The number of hydrogen-bond donors (Lipinski definition) is 5. The smallest absolute Gasteiger partial charge is 0.319 e. The maximum atomic E-state index is 14.0. The Kier molecular flexibility index (Phi) is 11.8. The summed E-state index contributed by atoms with van der Waals surface area (Å²) >= 11 is 12.7. The monoisotopic (exact) mass is 658 g/mol. The predicted molar refractivity (Wildman–Crippen MR) is 173 cm³/mol. The quantitative estimate of drug-likeness (QED) is 0.135. The third kappa shape index (κ3) is 8.93. The van der Waals surface area contributed by atoms with Crippen molar-refractivity contribution in [1.82, 2.24) is 25.8 Å². The first-order valence-corrected chi connectivity index (χ1v) is 15.1. The third-order valence-corrected chi connectivity index (χ3v) is 7.84. The molecule has 0 aliphatic rings. The number of likely N-dealkylation sites (N-methyl/N-ethyl adjacent to an activating group) is 1. The number of halogens is 4. The summed E-state index contributed by atoms with van der Waals surface area (Å²) in [5.41, 5.74) is 2.26. The van der Waals surface area contributed by atoms with Crippen molar-refractivity contribution < 1.29 is 23.2 Å². The summed E-state index contributed by atoms with van der Waals surface area (Å²) in [7, 11) is 1.72. The van der Waals surface area contributed by atoms with Gasteiger partial charge in [0.25, 0.3) is 0 Å². The van der Waals surface area contributed by atoms with Crippen LogP contribution in [0, 0.1) is 11.6 Å². The van der Waals surface area contributed by atoms with Crippen LogP contribution in [0.15, 0.2) is 66.9 Å². The molecular formula is C32H34Cl2F2N6O3. The highest BCUT2D eigenvalue weighted by Gasteiger charge is 2.27. The number of hydrogen-bond acceptors (Lipinski definition) is 4. The highest BCUT2D eigenvalue weighted by atomic mass is 35.5. The molecule has 1 heterocycles. The highest BCUT2D eigenvalue weighted by Crippen LogP contribution is 2.28. The fraction of sp³-hybridized carbons (Fsp3) is 0.281. The molecule has 0 fully saturated rings. The van der Waals surface area contributed by atoms with Crippen LogP contribution in [0.4, 0.5) is 19.3 Å². The lowest BCUT2D eigenvalue weighted by atomic mass is 10.0. The molecule has 1 aromatic heterocycles. The molecule has 45 heavy (non-hydrogen) atoms. The van der Waals surface area contributed by atoms with Gasteiger partial charge in [0.2, 0.25) is 11.8 Å². The topological polar surface area (TPSA) is 116 Å². The van der Waals surface area contributed by atoms with Crippen molar-refractivity contribution >= 4 is 57.6 Å². The number of rotatable bonds is 13. The van der Waals surface area contributed by atoms with Gasteiger partial charge in [-0.25, -0.2) is 13.6 Å². The second kappa shape index (κ2) is 15.7. The Morgan fingerprint density at radius 1 is 0.889 bits per heavy atom. The van der Waals surface area contributed by atoms with Crippen LogP contribution in [-0.4, -0.2) is 54.6 Å². The van der Waals surface area contributed by atoms with E-state index in [4.69, 9.17) is 23.2 Å². The second-order valence-corrected chi connectivity index (χ2v) is 11.2. The number of amides is 4. The van der Waals surface area contributed by atoms with Gasteiger partial charge < -0.3 is 31.2 Å². The Hall–Kier alpha value is -4.19. The van der Waals surface area contributed by atoms with Gasteiger partial charge in [-0.2, -0.15) is 0 Å². The SMILES string of the molecule is CCNC(=O)[C@H](CCNC)NC(=O)[C@H](Cc1ccc(F)c(F)c1)NC(=O)Nc1ccc2ccn(Cc3c(Cl)cccc3Cl)c2c1. The van der Waals surface area contributed by atoms with Crippen molar-refractivity contribution in [3.8, 4) is 0 Å². The molecule has 5 N–H and O–H groups in total. The van der Waals surface area contributed by atoms with Crippen LogP contribution >= 0.6 is 23.2 Å². The Morgan fingerprint density at radius 3 is 2.33 bits per heavy atom. The molecule has 0 aliphatic heterocycles.